The minimum atomic E-state index is -2.02. The zero-order chi connectivity index (χ0) is 10.6. The summed E-state index contributed by atoms with van der Waals surface area (Å²) in [5, 5.41) is 0. The van der Waals surface area contributed by atoms with Crippen molar-refractivity contribution in [1.82, 2.24) is 0 Å². The van der Waals surface area contributed by atoms with E-state index in [1.165, 1.54) is 0 Å². The summed E-state index contributed by atoms with van der Waals surface area (Å²) in [5.41, 5.74) is 0. The smallest absolute Gasteiger partial charge is 0.0681 e. The minimum absolute atomic E-state index is 0.0749. The molecule has 0 fully saturated rings. The van der Waals surface area contributed by atoms with Gasteiger partial charge in [-0.25, -0.2) is 22.4 Å². The van der Waals surface area contributed by atoms with Crippen LogP contribution in [0.15, 0.2) is 0 Å². The SMILES string of the molecule is CC(C)CC(C)OS(=S)(=S)[S-](=S)=S. The van der Waals surface area contributed by atoms with Gasteiger partial charge < -0.3 is 4.18 Å². The molecule has 0 amide bonds. The summed E-state index contributed by atoms with van der Waals surface area (Å²) >= 11 is 19.9. The second-order valence-corrected chi connectivity index (χ2v) is 15.6. The molecule has 0 aromatic carbocycles. The Kier molecular flexibility index (Phi) is 6.93. The largest absolute Gasteiger partial charge is 0.325 e. The van der Waals surface area contributed by atoms with Crippen LogP contribution in [-0.2, 0) is 62.4 Å². The summed E-state index contributed by atoms with van der Waals surface area (Å²) in [6, 6.07) is 0. The Morgan fingerprint density at radius 2 is 1.69 bits per heavy atom. The molecular formula is C6H13OS6-. The van der Waals surface area contributed by atoms with Crippen molar-refractivity contribution in [2.24, 2.45) is 5.92 Å². The Hall–Kier alpha value is 1.54. The predicted octanol–water partition coefficient (Wildman–Crippen LogP) is 1.89. The van der Waals surface area contributed by atoms with Gasteiger partial charge in [-0.15, -0.1) is 0 Å². The van der Waals surface area contributed by atoms with Crippen molar-refractivity contribution in [3.05, 3.63) is 0 Å². The molecule has 0 spiro atoms. The van der Waals surface area contributed by atoms with Crippen molar-refractivity contribution >= 4 is 58.3 Å². The second kappa shape index (κ2) is 6.19. The maximum absolute atomic E-state index is 5.53. The zero-order valence-electron chi connectivity index (χ0n) is 7.72. The van der Waals surface area contributed by atoms with E-state index in [0.717, 1.165) is 6.42 Å². The normalized spacial score (nSPS) is 15.2. The van der Waals surface area contributed by atoms with Crippen LogP contribution < -0.4 is 0 Å². The van der Waals surface area contributed by atoms with Crippen LogP contribution in [0, 0.1) is 5.92 Å². The van der Waals surface area contributed by atoms with E-state index in [0.29, 0.717) is 5.92 Å². The predicted molar refractivity (Wildman–Crippen MR) is 74.2 cm³/mol. The highest BCUT2D eigenvalue weighted by Gasteiger charge is 2.06. The van der Waals surface area contributed by atoms with E-state index < -0.39 is 13.5 Å². The van der Waals surface area contributed by atoms with Crippen molar-refractivity contribution in [2.75, 3.05) is 0 Å². The van der Waals surface area contributed by atoms with Crippen LogP contribution in [0.25, 0.3) is 0 Å². The Morgan fingerprint density at radius 1 is 1.23 bits per heavy atom. The van der Waals surface area contributed by atoms with Crippen molar-refractivity contribution in [1.29, 1.82) is 0 Å². The Bertz CT molecular complexity index is 304. The van der Waals surface area contributed by atoms with E-state index in [1.54, 1.807) is 0 Å². The fourth-order valence-electron chi connectivity index (χ4n) is 0.936. The van der Waals surface area contributed by atoms with Gasteiger partial charge in [-0.1, -0.05) is 13.8 Å². The van der Waals surface area contributed by atoms with Crippen molar-refractivity contribution in [3.8, 4) is 0 Å². The summed E-state index contributed by atoms with van der Waals surface area (Å²) in [5.74, 6) is 0.576. The minimum Gasteiger partial charge on any atom is -0.325 e. The van der Waals surface area contributed by atoms with E-state index in [2.05, 4.69) is 13.8 Å². The molecule has 0 radical (unpaired) electrons. The molecule has 1 atom stereocenters. The maximum Gasteiger partial charge on any atom is 0.0681 e. The molecule has 80 valence electrons. The standard InChI is InChI=1S/C6H13OS6/c1-5(2)4-6(3)7-13(10,11)12(8)9/h5-6H,4H2,1-3H3/q-1. The van der Waals surface area contributed by atoms with Gasteiger partial charge >= 0.3 is 0 Å². The topological polar surface area (TPSA) is 9.23 Å². The Morgan fingerprint density at radius 3 is 2.00 bits per heavy atom. The van der Waals surface area contributed by atoms with Crippen LogP contribution in [-0.4, -0.2) is 6.10 Å². The first-order valence-corrected chi connectivity index (χ1v) is 10.8. The third-order valence-corrected chi connectivity index (χ3v) is 12.9. The van der Waals surface area contributed by atoms with E-state index in [-0.39, 0.29) is 6.10 Å². The summed E-state index contributed by atoms with van der Waals surface area (Å²) in [7, 11) is -0.804. The van der Waals surface area contributed by atoms with Crippen molar-refractivity contribution in [3.63, 3.8) is 0 Å². The van der Waals surface area contributed by atoms with Crippen LogP contribution >= 0.6 is 0 Å². The highest BCUT2D eigenvalue weighted by Crippen LogP contribution is 2.11. The molecule has 0 aliphatic heterocycles. The molecule has 13 heavy (non-hydrogen) atoms. The van der Waals surface area contributed by atoms with Gasteiger partial charge in [0, 0.05) is 0 Å². The van der Waals surface area contributed by atoms with E-state index >= 15 is 0 Å². The first kappa shape index (κ1) is 14.5. The van der Waals surface area contributed by atoms with E-state index in [9.17, 15) is 0 Å². The summed E-state index contributed by atoms with van der Waals surface area (Å²) in [6.07, 6.45) is 1.02. The molecule has 0 aliphatic carbocycles. The fraction of sp³-hybridized carbons (Fsp3) is 1.00. The molecule has 0 bridgehead atoms. The van der Waals surface area contributed by atoms with E-state index in [1.807, 2.05) is 6.92 Å². The maximum atomic E-state index is 5.53. The van der Waals surface area contributed by atoms with Gasteiger partial charge in [-0.05, 0) is 48.1 Å². The molecule has 7 heteroatoms. The highest BCUT2D eigenvalue weighted by atomic mass is 33.7. The van der Waals surface area contributed by atoms with Crippen LogP contribution in [0.2, 0.25) is 0 Å². The van der Waals surface area contributed by atoms with E-state index in [4.69, 9.17) is 48.9 Å². The summed E-state index contributed by atoms with van der Waals surface area (Å²) in [6.45, 7) is 4.21. The lowest BCUT2D eigenvalue weighted by atomic mass is 10.1. The monoisotopic (exact) mass is 293 g/mol. The average molecular weight is 294 g/mol. The third kappa shape index (κ3) is 6.59. The van der Waals surface area contributed by atoms with Gasteiger partial charge in [0.2, 0.25) is 0 Å². The van der Waals surface area contributed by atoms with Crippen molar-refractivity contribution in [2.45, 2.75) is 33.3 Å². The lowest BCUT2D eigenvalue weighted by Gasteiger charge is -2.21. The first-order valence-electron chi connectivity index (χ1n) is 3.78. The molecule has 0 heterocycles. The van der Waals surface area contributed by atoms with Gasteiger partial charge in [-0.2, -0.15) is 0 Å². The van der Waals surface area contributed by atoms with Crippen LogP contribution in [0.4, 0.5) is 0 Å². The second-order valence-electron chi connectivity index (χ2n) is 3.15. The van der Waals surface area contributed by atoms with Gasteiger partial charge in [-0.3, -0.25) is 7.05 Å². The number of hydrogen-bond donors (Lipinski definition) is 0. The van der Waals surface area contributed by atoms with Gasteiger partial charge in [0.05, 0.1) is 6.10 Å². The number of rotatable bonds is 5. The molecule has 0 aliphatic rings. The molecule has 0 N–H and O–H groups in total. The summed E-state index contributed by atoms with van der Waals surface area (Å²) < 4.78 is 5.53. The third-order valence-electron chi connectivity index (χ3n) is 1.25. The molecule has 0 saturated carbocycles. The van der Waals surface area contributed by atoms with Crippen molar-refractivity contribution < 1.29 is 4.18 Å². The summed E-state index contributed by atoms with van der Waals surface area (Å²) in [4.78, 5) is 0. The lowest BCUT2D eigenvalue weighted by Crippen LogP contribution is -2.15. The molecule has 0 aromatic heterocycles. The fourth-order valence-corrected chi connectivity index (χ4v) is 3.46. The highest BCUT2D eigenvalue weighted by molar-refractivity contribution is 9.03. The van der Waals surface area contributed by atoms with Gasteiger partial charge in [0.25, 0.3) is 0 Å². The number of hydrogen-bond acceptors (Lipinski definition) is 6. The Labute approximate surface area is 101 Å². The molecular weight excluding hydrogens is 280 g/mol. The van der Waals surface area contributed by atoms with Crippen LogP contribution in [0.5, 0.6) is 0 Å². The van der Waals surface area contributed by atoms with Gasteiger partial charge in [0.1, 0.15) is 0 Å². The quantitative estimate of drug-likeness (QED) is 0.564. The molecule has 1 nitrogen and oxygen atoms in total. The Balaban J connectivity index is 4.30. The first-order chi connectivity index (χ1) is 5.75. The molecule has 0 rings (SSSR count). The zero-order valence-corrected chi connectivity index (χ0v) is 12.6. The molecule has 0 saturated heterocycles. The molecule has 1 unspecified atom stereocenters. The average Bonchev–Trinajstić information content (AvgIpc) is 1.82. The molecule has 0 aromatic rings. The lowest BCUT2D eigenvalue weighted by molar-refractivity contribution is 0.229. The van der Waals surface area contributed by atoms with Gasteiger partial charge in [0.15, 0.2) is 0 Å². The van der Waals surface area contributed by atoms with Crippen LogP contribution in [0.3, 0.4) is 0 Å². The van der Waals surface area contributed by atoms with Crippen LogP contribution in [0.1, 0.15) is 27.2 Å².